The summed E-state index contributed by atoms with van der Waals surface area (Å²) in [5.74, 6) is 0. The Bertz CT molecular complexity index is 210. The Morgan fingerprint density at radius 3 is 2.38 bits per heavy atom. The van der Waals surface area contributed by atoms with Gasteiger partial charge in [-0.05, 0) is 25.7 Å². The van der Waals surface area contributed by atoms with Gasteiger partial charge < -0.3 is 9.53 Å². The van der Waals surface area contributed by atoms with Gasteiger partial charge in [0.1, 0.15) is 6.29 Å². The molecule has 0 amide bonds. The summed E-state index contributed by atoms with van der Waals surface area (Å²) in [6, 6.07) is 0.701. The summed E-state index contributed by atoms with van der Waals surface area (Å²) in [5, 5.41) is 0. The normalized spacial score (nSPS) is 16.8. The largest absolute Gasteiger partial charge is 0.383 e. The fraction of sp³-hybridized carbons (Fsp3) is 0.923. The zero-order chi connectivity index (χ0) is 12.0. The monoisotopic (exact) mass is 227 g/mol. The third kappa shape index (κ3) is 3.56. The van der Waals surface area contributed by atoms with Crippen LogP contribution < -0.4 is 0 Å². The predicted octanol–water partition coefficient (Wildman–Crippen LogP) is 2.10. The highest BCUT2D eigenvalue weighted by molar-refractivity contribution is 5.59. The summed E-state index contributed by atoms with van der Waals surface area (Å²) in [5.41, 5.74) is -0.143. The third-order valence-corrected chi connectivity index (χ3v) is 3.82. The van der Waals surface area contributed by atoms with Crippen LogP contribution in [0.3, 0.4) is 0 Å². The van der Waals surface area contributed by atoms with E-state index >= 15 is 0 Å². The van der Waals surface area contributed by atoms with Crippen molar-refractivity contribution in [1.29, 1.82) is 0 Å². The van der Waals surface area contributed by atoms with Crippen LogP contribution in [0.25, 0.3) is 0 Å². The third-order valence-electron chi connectivity index (χ3n) is 3.82. The maximum atomic E-state index is 11.3. The van der Waals surface area contributed by atoms with E-state index in [-0.39, 0.29) is 5.41 Å². The minimum absolute atomic E-state index is 0.143. The molecule has 0 aromatic rings. The summed E-state index contributed by atoms with van der Waals surface area (Å²) in [6.07, 6.45) is 5.60. The molecule has 0 heterocycles. The van der Waals surface area contributed by atoms with Gasteiger partial charge in [0.25, 0.3) is 0 Å². The smallest absolute Gasteiger partial charge is 0.127 e. The van der Waals surface area contributed by atoms with Gasteiger partial charge in [-0.1, -0.05) is 13.8 Å². The first-order valence-electron chi connectivity index (χ1n) is 6.40. The fourth-order valence-corrected chi connectivity index (χ4v) is 2.12. The van der Waals surface area contributed by atoms with E-state index in [1.165, 1.54) is 12.8 Å². The summed E-state index contributed by atoms with van der Waals surface area (Å²) in [7, 11) is 1.73. The van der Waals surface area contributed by atoms with E-state index in [1.807, 2.05) is 0 Å². The minimum atomic E-state index is -0.143. The number of carbonyl (C=O) groups excluding carboxylic acids is 1. The summed E-state index contributed by atoms with van der Waals surface area (Å²) < 4.78 is 5.14. The van der Waals surface area contributed by atoms with Crippen molar-refractivity contribution in [2.45, 2.75) is 45.6 Å². The number of methoxy groups -OCH3 is 1. The van der Waals surface area contributed by atoms with Crippen molar-refractivity contribution >= 4 is 6.29 Å². The Balaban J connectivity index is 2.53. The molecule has 0 unspecified atom stereocenters. The lowest BCUT2D eigenvalue weighted by molar-refractivity contribution is -0.118. The van der Waals surface area contributed by atoms with Crippen LogP contribution in [0.5, 0.6) is 0 Å². The molecule has 1 fully saturated rings. The van der Waals surface area contributed by atoms with Crippen molar-refractivity contribution in [1.82, 2.24) is 4.90 Å². The average molecular weight is 227 g/mol. The van der Waals surface area contributed by atoms with Crippen LogP contribution in [0, 0.1) is 5.41 Å². The topological polar surface area (TPSA) is 29.5 Å². The van der Waals surface area contributed by atoms with Crippen molar-refractivity contribution in [3.8, 4) is 0 Å². The molecule has 0 saturated heterocycles. The second kappa shape index (κ2) is 6.36. The van der Waals surface area contributed by atoms with E-state index in [0.29, 0.717) is 6.04 Å². The van der Waals surface area contributed by atoms with Crippen LogP contribution in [0.2, 0.25) is 0 Å². The van der Waals surface area contributed by atoms with Crippen LogP contribution in [-0.4, -0.2) is 44.0 Å². The molecule has 1 aliphatic rings. The summed E-state index contributed by atoms with van der Waals surface area (Å²) >= 11 is 0. The quantitative estimate of drug-likeness (QED) is 0.565. The SMILES string of the molecule is CCC(C=O)(CC)CN(CCOC)C1CC1. The van der Waals surface area contributed by atoms with E-state index in [9.17, 15) is 4.79 Å². The van der Waals surface area contributed by atoms with Crippen molar-refractivity contribution in [2.75, 3.05) is 26.8 Å². The van der Waals surface area contributed by atoms with E-state index in [4.69, 9.17) is 4.74 Å². The Morgan fingerprint density at radius 2 is 2.00 bits per heavy atom. The fourth-order valence-electron chi connectivity index (χ4n) is 2.12. The van der Waals surface area contributed by atoms with Crippen molar-refractivity contribution in [3.05, 3.63) is 0 Å². The number of aldehydes is 1. The lowest BCUT2D eigenvalue weighted by Gasteiger charge is -2.33. The first-order chi connectivity index (χ1) is 7.71. The molecule has 0 spiro atoms. The molecule has 3 heteroatoms. The van der Waals surface area contributed by atoms with Crippen LogP contribution in [0.4, 0.5) is 0 Å². The molecule has 0 N–H and O–H groups in total. The van der Waals surface area contributed by atoms with Crippen molar-refractivity contribution in [3.63, 3.8) is 0 Å². The van der Waals surface area contributed by atoms with Crippen molar-refractivity contribution in [2.24, 2.45) is 5.41 Å². The maximum absolute atomic E-state index is 11.3. The van der Waals surface area contributed by atoms with Crippen LogP contribution in [0.15, 0.2) is 0 Å². The van der Waals surface area contributed by atoms with Crippen LogP contribution in [-0.2, 0) is 9.53 Å². The Morgan fingerprint density at radius 1 is 1.38 bits per heavy atom. The number of hydrogen-bond donors (Lipinski definition) is 0. The van der Waals surface area contributed by atoms with Gasteiger partial charge in [-0.25, -0.2) is 0 Å². The van der Waals surface area contributed by atoms with E-state index < -0.39 is 0 Å². The van der Waals surface area contributed by atoms with Gasteiger partial charge in [-0.3, -0.25) is 4.90 Å². The van der Waals surface area contributed by atoms with Crippen molar-refractivity contribution < 1.29 is 9.53 Å². The zero-order valence-electron chi connectivity index (χ0n) is 10.9. The molecule has 0 aromatic carbocycles. The maximum Gasteiger partial charge on any atom is 0.127 e. The highest BCUT2D eigenvalue weighted by Gasteiger charge is 2.35. The zero-order valence-corrected chi connectivity index (χ0v) is 10.9. The molecule has 0 bridgehead atoms. The number of nitrogens with zero attached hydrogens (tertiary/aromatic N) is 1. The van der Waals surface area contributed by atoms with Gasteiger partial charge in [0.15, 0.2) is 0 Å². The van der Waals surface area contributed by atoms with Gasteiger partial charge in [0.05, 0.1) is 6.61 Å². The lowest BCUT2D eigenvalue weighted by atomic mass is 9.83. The Hall–Kier alpha value is -0.410. The van der Waals surface area contributed by atoms with Gasteiger partial charge in [0, 0.05) is 31.7 Å². The second-order valence-corrected chi connectivity index (χ2v) is 4.88. The average Bonchev–Trinajstić information content (AvgIpc) is 3.15. The van der Waals surface area contributed by atoms with Gasteiger partial charge in [-0.2, -0.15) is 0 Å². The number of carbonyl (C=O) groups is 1. The molecule has 0 radical (unpaired) electrons. The van der Waals surface area contributed by atoms with Gasteiger partial charge in [-0.15, -0.1) is 0 Å². The molecule has 0 aromatic heterocycles. The molecular weight excluding hydrogens is 202 g/mol. The second-order valence-electron chi connectivity index (χ2n) is 4.88. The molecule has 1 aliphatic carbocycles. The van der Waals surface area contributed by atoms with Crippen LogP contribution >= 0.6 is 0 Å². The minimum Gasteiger partial charge on any atom is -0.383 e. The summed E-state index contributed by atoms with van der Waals surface area (Å²) in [4.78, 5) is 13.7. The molecule has 94 valence electrons. The van der Waals surface area contributed by atoms with E-state index in [1.54, 1.807) is 7.11 Å². The molecule has 0 aliphatic heterocycles. The lowest BCUT2D eigenvalue weighted by Crippen LogP contribution is -2.41. The molecule has 1 rings (SSSR count). The molecular formula is C13H25NO2. The van der Waals surface area contributed by atoms with Crippen LogP contribution in [0.1, 0.15) is 39.5 Å². The standard InChI is InChI=1S/C13H25NO2/c1-4-13(5-2,11-15)10-14(8-9-16-3)12-6-7-12/h11-12H,4-10H2,1-3H3. The Kier molecular flexibility index (Phi) is 5.42. The number of hydrogen-bond acceptors (Lipinski definition) is 3. The van der Waals surface area contributed by atoms with E-state index in [0.717, 1.165) is 38.8 Å². The van der Waals surface area contributed by atoms with Gasteiger partial charge >= 0.3 is 0 Å². The predicted molar refractivity (Wildman–Crippen MR) is 65.6 cm³/mol. The number of ether oxygens (including phenoxy) is 1. The van der Waals surface area contributed by atoms with Gasteiger partial charge in [0.2, 0.25) is 0 Å². The highest BCUT2D eigenvalue weighted by Crippen LogP contribution is 2.32. The highest BCUT2D eigenvalue weighted by atomic mass is 16.5. The first-order valence-corrected chi connectivity index (χ1v) is 6.40. The molecule has 16 heavy (non-hydrogen) atoms. The first kappa shape index (κ1) is 13.7. The molecule has 0 atom stereocenters. The summed E-state index contributed by atoms with van der Waals surface area (Å²) in [6.45, 7) is 6.84. The Labute approximate surface area is 99.1 Å². The molecule has 3 nitrogen and oxygen atoms in total. The van der Waals surface area contributed by atoms with E-state index in [2.05, 4.69) is 18.7 Å². The number of rotatable bonds is 9. The molecule has 1 saturated carbocycles.